The van der Waals surface area contributed by atoms with Gasteiger partial charge in [0, 0.05) is 6.42 Å². The van der Waals surface area contributed by atoms with Gasteiger partial charge in [0.05, 0.1) is 12.5 Å². The van der Waals surface area contributed by atoms with Crippen LogP contribution in [0.3, 0.4) is 0 Å². The fourth-order valence-corrected chi connectivity index (χ4v) is 7.21. The third-order valence-corrected chi connectivity index (χ3v) is 9.03. The van der Waals surface area contributed by atoms with E-state index in [2.05, 4.69) is 6.92 Å². The summed E-state index contributed by atoms with van der Waals surface area (Å²) in [5.41, 5.74) is 4.88. The van der Waals surface area contributed by atoms with Gasteiger partial charge in [-0.2, -0.15) is 0 Å². The monoisotopic (exact) mass is 456 g/mol. The predicted molar refractivity (Wildman–Crippen MR) is 126 cm³/mol. The molecule has 2 fully saturated rings. The summed E-state index contributed by atoms with van der Waals surface area (Å²) in [7, 11) is 0. The summed E-state index contributed by atoms with van der Waals surface area (Å²) < 4.78 is 10.5. The van der Waals surface area contributed by atoms with Gasteiger partial charge in [-0.25, -0.2) is 4.79 Å². The first-order chi connectivity index (χ1) is 15.8. The lowest BCUT2D eigenvalue weighted by atomic mass is 9.58. The van der Waals surface area contributed by atoms with Crippen LogP contribution in [0.2, 0.25) is 0 Å². The minimum absolute atomic E-state index is 0.138. The van der Waals surface area contributed by atoms with Crippen molar-refractivity contribution >= 4 is 17.7 Å². The Bertz CT molecular complexity index is 848. The van der Waals surface area contributed by atoms with Gasteiger partial charge >= 0.3 is 11.9 Å². The van der Waals surface area contributed by atoms with E-state index in [0.29, 0.717) is 42.0 Å². The van der Waals surface area contributed by atoms with E-state index in [1.807, 2.05) is 19.9 Å². The molecule has 0 spiro atoms. The van der Waals surface area contributed by atoms with Gasteiger partial charge in [-0.3, -0.25) is 9.59 Å². The second kappa shape index (κ2) is 10.1. The molecule has 0 aliphatic heterocycles. The number of fused-ring (bicyclic) bond motifs is 4. The molecule has 0 heterocycles. The summed E-state index contributed by atoms with van der Waals surface area (Å²) in [5.74, 6) is 1.36. The maximum atomic E-state index is 12.0. The van der Waals surface area contributed by atoms with Crippen LogP contribution in [0.1, 0.15) is 91.4 Å². The van der Waals surface area contributed by atoms with Crippen molar-refractivity contribution in [3.63, 3.8) is 0 Å². The van der Waals surface area contributed by atoms with Crippen LogP contribution in [0, 0.1) is 29.1 Å². The van der Waals surface area contributed by atoms with E-state index in [0.717, 1.165) is 32.1 Å². The molecular weight excluding hydrogens is 416 g/mol. The zero-order valence-corrected chi connectivity index (χ0v) is 20.6. The lowest BCUT2D eigenvalue weighted by Gasteiger charge is -2.47. The summed E-state index contributed by atoms with van der Waals surface area (Å²) in [5, 5.41) is 0. The van der Waals surface area contributed by atoms with Crippen LogP contribution in [-0.4, -0.2) is 30.9 Å². The Morgan fingerprint density at radius 2 is 1.91 bits per heavy atom. The van der Waals surface area contributed by atoms with Crippen molar-refractivity contribution < 1.29 is 23.9 Å². The Kier molecular flexibility index (Phi) is 7.45. The van der Waals surface area contributed by atoms with Crippen LogP contribution < -0.4 is 0 Å². The van der Waals surface area contributed by atoms with Gasteiger partial charge in [-0.05, 0) is 105 Å². The quantitative estimate of drug-likeness (QED) is 0.437. The highest BCUT2D eigenvalue weighted by molar-refractivity contribution is 5.93. The minimum atomic E-state index is -0.443. The maximum Gasteiger partial charge on any atom is 0.344 e. The van der Waals surface area contributed by atoms with Crippen LogP contribution >= 0.6 is 0 Å². The van der Waals surface area contributed by atoms with Crippen molar-refractivity contribution in [2.75, 3.05) is 13.2 Å². The van der Waals surface area contributed by atoms with Crippen molar-refractivity contribution in [2.45, 2.75) is 91.4 Å². The molecule has 0 bridgehead atoms. The average Bonchev–Trinajstić information content (AvgIpc) is 3.14. The van der Waals surface area contributed by atoms with E-state index in [1.165, 1.54) is 43.3 Å². The molecule has 0 radical (unpaired) electrons. The molecule has 0 aromatic rings. The summed E-state index contributed by atoms with van der Waals surface area (Å²) in [6.45, 7) is 6.50. The van der Waals surface area contributed by atoms with Crippen LogP contribution in [0.15, 0.2) is 22.8 Å². The highest BCUT2D eigenvalue weighted by atomic mass is 16.6. The molecule has 5 heteroatoms. The SMILES string of the molecule is CCC(CC)C(=O)OCC(=O)OCC[C@H]1C[C@H]2[C@@H]3CCC4=CC(=O)CCC4=C3CC[C@]2(C)C1. The molecule has 2 saturated carbocycles. The van der Waals surface area contributed by atoms with Gasteiger partial charge in [0.25, 0.3) is 0 Å². The van der Waals surface area contributed by atoms with Crippen LogP contribution in [0.4, 0.5) is 0 Å². The number of ether oxygens (including phenoxy) is 2. The van der Waals surface area contributed by atoms with E-state index in [-0.39, 0.29) is 18.5 Å². The second-order valence-electron chi connectivity index (χ2n) is 11.0. The van der Waals surface area contributed by atoms with E-state index in [1.54, 1.807) is 5.57 Å². The summed E-state index contributed by atoms with van der Waals surface area (Å²) >= 11 is 0. The Balaban J connectivity index is 1.28. The van der Waals surface area contributed by atoms with Crippen LogP contribution in [0.5, 0.6) is 0 Å². The zero-order chi connectivity index (χ0) is 23.6. The lowest BCUT2D eigenvalue weighted by molar-refractivity contribution is -0.161. The van der Waals surface area contributed by atoms with Gasteiger partial charge < -0.3 is 9.47 Å². The number of rotatable bonds is 8. The second-order valence-corrected chi connectivity index (χ2v) is 11.0. The molecule has 0 aromatic carbocycles. The molecule has 0 aromatic heterocycles. The molecule has 0 N–H and O–H groups in total. The van der Waals surface area contributed by atoms with Crippen LogP contribution in [0.25, 0.3) is 0 Å². The van der Waals surface area contributed by atoms with Gasteiger partial charge in [0.1, 0.15) is 0 Å². The molecule has 0 unspecified atom stereocenters. The first kappa shape index (κ1) is 24.2. The van der Waals surface area contributed by atoms with Crippen molar-refractivity contribution in [1.29, 1.82) is 0 Å². The van der Waals surface area contributed by atoms with Crippen molar-refractivity contribution in [2.24, 2.45) is 29.1 Å². The molecule has 182 valence electrons. The number of carbonyl (C=O) groups is 3. The number of carbonyl (C=O) groups excluding carboxylic acids is 3. The number of ketones is 1. The van der Waals surface area contributed by atoms with E-state index in [4.69, 9.17) is 9.47 Å². The molecule has 0 saturated heterocycles. The maximum absolute atomic E-state index is 12.0. The van der Waals surface area contributed by atoms with Crippen molar-refractivity contribution in [3.05, 3.63) is 22.8 Å². The number of esters is 2. The average molecular weight is 457 g/mol. The Labute approximate surface area is 198 Å². The molecule has 4 aliphatic carbocycles. The largest absolute Gasteiger partial charge is 0.463 e. The summed E-state index contributed by atoms with van der Waals surface area (Å²) in [6.07, 6.45) is 12.9. The molecular formula is C28H40O5. The topological polar surface area (TPSA) is 69.7 Å². The molecule has 33 heavy (non-hydrogen) atoms. The predicted octanol–water partition coefficient (Wildman–Crippen LogP) is 5.72. The van der Waals surface area contributed by atoms with Gasteiger partial charge in [0.15, 0.2) is 12.4 Å². The van der Waals surface area contributed by atoms with Crippen LogP contribution in [-0.2, 0) is 23.9 Å². The summed E-state index contributed by atoms with van der Waals surface area (Å²) in [6, 6.07) is 0. The standard InChI is InChI=1S/C28H40O5/c1-4-19(5-2)27(31)33-17-26(30)32-13-11-18-14-25-24-8-6-20-15-21(29)7-9-22(20)23(24)10-12-28(25,3)16-18/h15,18-19,24-25H,4-14,16-17H2,1-3H3/t18-,24+,25-,28+/m0/s1. The first-order valence-corrected chi connectivity index (χ1v) is 13.1. The Morgan fingerprint density at radius 1 is 1.12 bits per heavy atom. The first-order valence-electron chi connectivity index (χ1n) is 13.1. The smallest absolute Gasteiger partial charge is 0.344 e. The molecule has 4 atom stereocenters. The van der Waals surface area contributed by atoms with Crippen molar-refractivity contribution in [1.82, 2.24) is 0 Å². The Morgan fingerprint density at radius 3 is 2.67 bits per heavy atom. The number of allylic oxidation sites excluding steroid dienone is 4. The normalized spacial score (nSPS) is 31.0. The third kappa shape index (κ3) is 5.12. The highest BCUT2D eigenvalue weighted by Crippen LogP contribution is 2.61. The van der Waals surface area contributed by atoms with Crippen molar-refractivity contribution in [3.8, 4) is 0 Å². The van der Waals surface area contributed by atoms with E-state index >= 15 is 0 Å². The summed E-state index contributed by atoms with van der Waals surface area (Å²) in [4.78, 5) is 35.9. The minimum Gasteiger partial charge on any atom is -0.463 e. The number of hydrogen-bond donors (Lipinski definition) is 0. The molecule has 4 rings (SSSR count). The third-order valence-electron chi connectivity index (χ3n) is 9.03. The number of hydrogen-bond acceptors (Lipinski definition) is 5. The zero-order valence-electron chi connectivity index (χ0n) is 20.6. The molecule has 0 amide bonds. The van der Waals surface area contributed by atoms with Gasteiger partial charge in [0.2, 0.25) is 0 Å². The van der Waals surface area contributed by atoms with E-state index < -0.39 is 5.97 Å². The Hall–Kier alpha value is -1.91. The molecule has 5 nitrogen and oxygen atoms in total. The fourth-order valence-electron chi connectivity index (χ4n) is 7.21. The van der Waals surface area contributed by atoms with Gasteiger partial charge in [-0.1, -0.05) is 26.3 Å². The fraction of sp³-hybridized carbons (Fsp3) is 0.750. The lowest BCUT2D eigenvalue weighted by Crippen LogP contribution is -2.36. The highest BCUT2D eigenvalue weighted by Gasteiger charge is 2.51. The molecule has 4 aliphatic rings. The van der Waals surface area contributed by atoms with E-state index in [9.17, 15) is 14.4 Å². The van der Waals surface area contributed by atoms with Gasteiger partial charge in [-0.15, -0.1) is 0 Å².